The molecule has 0 bridgehead atoms. The van der Waals surface area contributed by atoms with Crippen LogP contribution in [0.5, 0.6) is 0 Å². The van der Waals surface area contributed by atoms with Crippen LogP contribution in [0, 0.1) is 63.7 Å². The van der Waals surface area contributed by atoms with Gasteiger partial charge in [-0.05, 0) is 216 Å². The molecule has 0 saturated carbocycles. The lowest BCUT2D eigenvalue weighted by molar-refractivity contribution is -0.145. The second-order valence-electron chi connectivity index (χ2n) is 26.9. The minimum Gasteiger partial charge on any atom is -0.465 e. The molecule has 34 heteroatoms. The van der Waals surface area contributed by atoms with Crippen LogP contribution in [-0.2, 0) is 68.2 Å². The molecule has 0 amide bonds. The molecule has 126 heavy (non-hydrogen) atoms. The highest BCUT2D eigenvalue weighted by Gasteiger charge is 2.30. The summed E-state index contributed by atoms with van der Waals surface area (Å²) in [5, 5.41) is 16.0. The molecule has 0 aliphatic heterocycles. The predicted molar refractivity (Wildman–Crippen MR) is 527 cm³/mol. The van der Waals surface area contributed by atoms with Gasteiger partial charge in [-0.15, -0.1) is 0 Å². The van der Waals surface area contributed by atoms with Crippen molar-refractivity contribution in [2.75, 3.05) is 44.9 Å². The van der Waals surface area contributed by atoms with E-state index in [2.05, 4.69) is 172 Å². The molecule has 0 aliphatic rings. The number of sulfonamides is 2. The third-order valence-electron chi connectivity index (χ3n) is 17.3. The van der Waals surface area contributed by atoms with E-state index in [-0.39, 0.29) is 84.5 Å². The van der Waals surface area contributed by atoms with Gasteiger partial charge in [-0.2, -0.15) is 22.2 Å². The standard InChI is InChI=1S/C20H10BrFN2.C20H25BrFNO4S.C14H13BrFNO2S.C9H4BrFIN.C9H5BrFN.C7H7BrFN.C6H13BrO2.C6H12O2S.CH4/c21-13-7-17-18(10-24-11-19(17)20(22)8-13)16-6-5-12(9-23)14-3-1-2-4-15(14)16;1-4-26-20(27-5-2)14-23(13-16-8-9-17(21)12-19(16)22)28(24,25)18-10-6-15(3)7-11-18;1-10-2-6-13(7-3-10)20(18,19)17-9-11-4-5-12(15)8-14(11)16;10-5-1-6-7(8(11)2-5)3-13-4-9(6)12;10-7-3-6-1-2-12-5-8(6)9(11)4-7;8-6-2-1-5(4-10)7(9)3-6;1-3-8-6(5-7)9-4-2;1-4-8-5(7)6(2,3)9;/h1-8,10-11H;6-12,20H,4-5,13-14H2,1-3H3;2-8,17H,9H2,1H3;1-4H;1-5H;1-3H,4,10H2;6H,3-5H2,1-2H3;9H,4H2,1-3H3;1H4. The Balaban J connectivity index is 0.000000264. The third-order valence-corrected chi connectivity index (χ3v) is 24.9. The largest absolute Gasteiger partial charge is 0.465 e. The fourth-order valence-corrected chi connectivity index (χ4v) is 16.9. The SMILES string of the molecule is C.CCOC(=O)C(C)(C)S.CCOC(CBr)OCC.CCOC(CN(Cc1ccc(Br)cc1F)S(=O)(=O)c1ccc(C)cc1)OCC.Cc1ccc(S(=O)(=O)NCc2ccc(Br)cc2F)cc1.Fc1cc(Br)cc2c(I)cncc12.Fc1cc(Br)cc2ccncc12.N#Cc1ccc(-c2cncc3c(F)cc(Br)cc23)c2ccccc12.NCc1ccc(Br)cc1F. The highest BCUT2D eigenvalue weighted by Crippen LogP contribution is 2.37. The number of aryl methyl sites for hydroxylation is 2. The number of nitrogens with two attached hydrogens (primary N) is 1. The highest BCUT2D eigenvalue weighted by atomic mass is 127. The number of hydrogen-bond donors (Lipinski definition) is 3. The Morgan fingerprint density at radius 1 is 0.516 bits per heavy atom. The molecule has 0 atom stereocenters. The van der Waals surface area contributed by atoms with Gasteiger partial charge in [0, 0.05) is 163 Å². The molecular formula is C92H93Br7F6IN7O10S3. The van der Waals surface area contributed by atoms with Crippen LogP contribution in [0.1, 0.15) is 89.3 Å². The van der Waals surface area contributed by atoms with E-state index >= 15 is 0 Å². The van der Waals surface area contributed by atoms with Crippen LogP contribution in [0.3, 0.4) is 0 Å². The van der Waals surface area contributed by atoms with Crippen molar-refractivity contribution in [3.63, 3.8) is 0 Å². The summed E-state index contributed by atoms with van der Waals surface area (Å²) in [5.74, 6) is -2.26. The van der Waals surface area contributed by atoms with Crippen molar-refractivity contribution in [3.8, 4) is 17.2 Å². The van der Waals surface area contributed by atoms with E-state index in [0.29, 0.717) is 79.3 Å². The first-order valence-corrected chi connectivity index (χ1v) is 48.5. The van der Waals surface area contributed by atoms with Gasteiger partial charge in [0.15, 0.2) is 12.6 Å². The van der Waals surface area contributed by atoms with Crippen molar-refractivity contribution in [1.82, 2.24) is 24.0 Å². The normalized spacial score (nSPS) is 11.0. The van der Waals surface area contributed by atoms with Gasteiger partial charge in [0.05, 0.1) is 39.9 Å². The first-order chi connectivity index (χ1) is 59.4. The average molecular weight is 2350 g/mol. The molecule has 0 saturated heterocycles. The molecule has 17 nitrogen and oxygen atoms in total. The van der Waals surface area contributed by atoms with Gasteiger partial charge in [0.1, 0.15) is 39.7 Å². The number of rotatable bonds is 23. The van der Waals surface area contributed by atoms with E-state index < -0.39 is 42.7 Å². The van der Waals surface area contributed by atoms with Crippen molar-refractivity contribution >= 4 is 216 Å². The second-order valence-corrected chi connectivity index (χ2v) is 39.0. The van der Waals surface area contributed by atoms with Gasteiger partial charge in [-0.1, -0.05) is 203 Å². The molecule has 0 unspecified atom stereocenters. The Hall–Kier alpha value is -6.71. The smallest absolute Gasteiger partial charge is 0.321 e. The summed E-state index contributed by atoms with van der Waals surface area (Å²) in [5.41, 5.74) is 10.7. The number of halogens is 14. The maximum Gasteiger partial charge on any atom is 0.321 e. The number of nitrogens with zero attached hydrogens (tertiary/aromatic N) is 5. The van der Waals surface area contributed by atoms with E-state index in [1.54, 1.807) is 138 Å². The van der Waals surface area contributed by atoms with Gasteiger partial charge in [0.2, 0.25) is 20.0 Å². The third kappa shape index (κ3) is 34.5. The number of thiol groups is 1. The van der Waals surface area contributed by atoms with Crippen LogP contribution >= 0.6 is 147 Å². The van der Waals surface area contributed by atoms with Crippen LogP contribution in [0.2, 0.25) is 0 Å². The van der Waals surface area contributed by atoms with E-state index in [1.165, 1.54) is 71.3 Å². The van der Waals surface area contributed by atoms with Gasteiger partial charge >= 0.3 is 5.97 Å². The summed E-state index contributed by atoms with van der Waals surface area (Å²) in [6, 6.07) is 52.3. The van der Waals surface area contributed by atoms with Gasteiger partial charge in [-0.3, -0.25) is 19.7 Å². The van der Waals surface area contributed by atoms with Crippen molar-refractivity contribution < 1.29 is 71.7 Å². The molecule has 0 spiro atoms. The van der Waals surface area contributed by atoms with Crippen LogP contribution in [0.15, 0.2) is 256 Å². The zero-order valence-electron chi connectivity index (χ0n) is 69.0. The second kappa shape index (κ2) is 54.8. The summed E-state index contributed by atoms with van der Waals surface area (Å²) < 4.78 is 166. The molecule has 10 aromatic carbocycles. The molecule has 3 aromatic heterocycles. The van der Waals surface area contributed by atoms with E-state index in [4.69, 9.17) is 29.4 Å². The summed E-state index contributed by atoms with van der Waals surface area (Å²) in [4.78, 5) is 23.1. The minimum absolute atomic E-state index is 0. The number of aromatic nitrogens is 3. The quantitative estimate of drug-likeness (QED) is 0.0135. The maximum absolute atomic E-state index is 14.4. The molecule has 0 radical (unpaired) electrons. The Morgan fingerprint density at radius 3 is 1.45 bits per heavy atom. The van der Waals surface area contributed by atoms with Crippen molar-refractivity contribution in [2.45, 2.75) is 116 Å². The fraction of sp³-hybridized carbons (Fsp3) is 0.250. The number of pyridine rings is 3. The van der Waals surface area contributed by atoms with Crippen molar-refractivity contribution in [1.29, 1.82) is 5.26 Å². The number of benzene rings is 10. The van der Waals surface area contributed by atoms with Crippen LogP contribution in [-0.4, -0.2) is 104 Å². The summed E-state index contributed by atoms with van der Waals surface area (Å²) in [6.45, 7) is 19.0. The molecule has 0 fully saturated rings. The topological polar surface area (TPSA) is 235 Å². The fourth-order valence-electron chi connectivity index (χ4n) is 11.1. The number of hydrogen-bond acceptors (Lipinski definition) is 16. The summed E-state index contributed by atoms with van der Waals surface area (Å²) in [6.07, 6.45) is 8.89. The van der Waals surface area contributed by atoms with Crippen molar-refractivity contribution in [2.24, 2.45) is 5.73 Å². The number of nitriles is 1. The zero-order chi connectivity index (χ0) is 92.3. The zero-order valence-corrected chi connectivity index (χ0v) is 84.7. The Labute approximate surface area is 810 Å². The number of fused-ring (bicyclic) bond motifs is 4. The van der Waals surface area contributed by atoms with Gasteiger partial charge < -0.3 is 29.4 Å². The van der Waals surface area contributed by atoms with Crippen LogP contribution in [0.4, 0.5) is 26.3 Å². The first kappa shape index (κ1) is 110. The van der Waals surface area contributed by atoms with Crippen LogP contribution < -0.4 is 10.5 Å². The molecule has 672 valence electrons. The molecule has 3 N–H and O–H groups in total. The first-order valence-electron chi connectivity index (χ1n) is 38.2. The monoisotopic (exact) mass is 2340 g/mol. The van der Waals surface area contributed by atoms with E-state index in [9.17, 15) is 53.2 Å². The Bertz CT molecular complexity index is 6020. The molecular weight excluding hydrogens is 2260 g/mol. The number of carbonyl (C=O) groups excluding carboxylic acids is 1. The summed E-state index contributed by atoms with van der Waals surface area (Å²) >= 11 is 28.8. The van der Waals surface area contributed by atoms with E-state index in [0.717, 1.165) is 71.5 Å². The number of carbonyl (C=O) groups is 1. The minimum atomic E-state index is -3.88. The van der Waals surface area contributed by atoms with Gasteiger partial charge in [0.25, 0.3) is 0 Å². The Kier molecular flexibility index (Phi) is 47.8. The molecule has 0 aliphatic carbocycles. The Morgan fingerprint density at radius 2 is 0.968 bits per heavy atom. The van der Waals surface area contributed by atoms with Gasteiger partial charge in [-0.25, -0.2) is 47.9 Å². The lowest BCUT2D eigenvalue weighted by atomic mass is 9.93. The number of ether oxygens (including phenoxy) is 5. The maximum atomic E-state index is 14.4. The molecule has 13 aromatic rings. The lowest BCUT2D eigenvalue weighted by Gasteiger charge is -2.27. The number of alkyl halides is 1. The summed E-state index contributed by atoms with van der Waals surface area (Å²) in [7, 11) is -7.51. The average Bonchev–Trinajstić information content (AvgIpc) is 0.761. The predicted octanol–water partition coefficient (Wildman–Crippen LogP) is 26.3. The molecule has 3 heterocycles. The van der Waals surface area contributed by atoms with Crippen LogP contribution in [0.25, 0.3) is 54.2 Å². The highest BCUT2D eigenvalue weighted by molar-refractivity contribution is 14.1. The number of nitrogens with one attached hydrogen (secondary N) is 1. The number of esters is 1. The van der Waals surface area contributed by atoms with Crippen molar-refractivity contribution in [3.05, 3.63) is 318 Å². The molecule has 13 rings (SSSR count). The van der Waals surface area contributed by atoms with E-state index in [1.807, 2.05) is 76.2 Å². The lowest BCUT2D eigenvalue weighted by Crippen LogP contribution is -2.39.